The Hall–Kier alpha value is -2.07. The van der Waals surface area contributed by atoms with E-state index in [1.165, 1.54) is 32.0 Å². The van der Waals surface area contributed by atoms with Gasteiger partial charge in [-0.25, -0.2) is 4.98 Å². The molecule has 7 heteroatoms. The maximum atomic E-state index is 11.0. The minimum absolute atomic E-state index is 0.0230. The first-order valence-corrected chi connectivity index (χ1v) is 6.76. The van der Waals surface area contributed by atoms with Crippen molar-refractivity contribution in [2.75, 3.05) is 12.9 Å². The van der Waals surface area contributed by atoms with Gasteiger partial charge in [0.05, 0.1) is 17.6 Å². The van der Waals surface area contributed by atoms with Crippen molar-refractivity contribution < 1.29 is 14.5 Å². The van der Waals surface area contributed by atoms with E-state index in [1.807, 2.05) is 0 Å². The third kappa shape index (κ3) is 4.24. The van der Waals surface area contributed by atoms with Gasteiger partial charge >= 0.3 is 5.69 Å². The van der Waals surface area contributed by atoms with E-state index in [-0.39, 0.29) is 16.7 Å². The van der Waals surface area contributed by atoms with Gasteiger partial charge in [0.2, 0.25) is 0 Å². The summed E-state index contributed by atoms with van der Waals surface area (Å²) in [6, 6.07) is 0. The normalized spacial score (nSPS) is 9.55. The highest BCUT2D eigenvalue weighted by Crippen LogP contribution is 2.29. The molecule has 1 aromatic heterocycles. The summed E-state index contributed by atoms with van der Waals surface area (Å²) in [6.45, 7) is 3.11. The van der Waals surface area contributed by atoms with Crippen LogP contribution in [-0.2, 0) is 4.79 Å². The molecule has 0 unspecified atom stereocenters. The molecule has 0 bridgehead atoms. The Morgan fingerprint density at radius 2 is 2.30 bits per heavy atom. The van der Waals surface area contributed by atoms with Crippen LogP contribution >= 0.6 is 11.8 Å². The van der Waals surface area contributed by atoms with Gasteiger partial charge in [-0.1, -0.05) is 23.6 Å². The van der Waals surface area contributed by atoms with Crippen LogP contribution in [0.15, 0.2) is 6.20 Å². The van der Waals surface area contributed by atoms with Crippen molar-refractivity contribution in [3.05, 3.63) is 27.4 Å². The van der Waals surface area contributed by atoms with E-state index in [2.05, 4.69) is 16.8 Å². The molecule has 0 N–H and O–H groups in total. The predicted octanol–water partition coefficient (Wildman–Crippen LogP) is 2.33. The fraction of sp³-hybridized carbons (Fsp3) is 0.385. The van der Waals surface area contributed by atoms with Gasteiger partial charge in [0.1, 0.15) is 0 Å². The van der Waals surface area contributed by atoms with Gasteiger partial charge in [-0.15, -0.1) is 0 Å². The fourth-order valence-corrected chi connectivity index (χ4v) is 1.95. The molecule has 0 aliphatic heterocycles. The number of thioether (sulfide) groups is 1. The Labute approximate surface area is 121 Å². The number of rotatable bonds is 4. The second kappa shape index (κ2) is 7.50. The zero-order chi connectivity index (χ0) is 15.1. The van der Waals surface area contributed by atoms with Gasteiger partial charge in [0, 0.05) is 30.9 Å². The highest BCUT2D eigenvalue weighted by Gasteiger charge is 2.21. The number of nitro groups is 1. The third-order valence-corrected chi connectivity index (χ3v) is 3.22. The van der Waals surface area contributed by atoms with Crippen LogP contribution in [0.2, 0.25) is 0 Å². The van der Waals surface area contributed by atoms with Crippen molar-refractivity contribution in [3.8, 4) is 17.7 Å². The van der Waals surface area contributed by atoms with Crippen LogP contribution in [-0.4, -0.2) is 27.9 Å². The smallest absolute Gasteiger partial charge is 0.335 e. The monoisotopic (exact) mass is 294 g/mol. The largest absolute Gasteiger partial charge is 0.476 e. The zero-order valence-corrected chi connectivity index (χ0v) is 12.2. The second-order valence-electron chi connectivity index (χ2n) is 3.80. The molecule has 106 valence electrons. The van der Waals surface area contributed by atoms with Crippen LogP contribution in [0.3, 0.4) is 0 Å². The molecule has 0 spiro atoms. The lowest BCUT2D eigenvalue weighted by molar-refractivity contribution is -0.386. The van der Waals surface area contributed by atoms with Crippen LogP contribution < -0.4 is 4.74 Å². The van der Waals surface area contributed by atoms with Gasteiger partial charge < -0.3 is 4.74 Å². The number of carbonyl (C=O) groups excluding carboxylic acids is 1. The van der Waals surface area contributed by atoms with Crippen molar-refractivity contribution in [2.24, 2.45) is 0 Å². The maximum Gasteiger partial charge on any atom is 0.335 e. The minimum atomic E-state index is -0.530. The maximum absolute atomic E-state index is 11.0. The molecule has 1 aromatic rings. The third-order valence-electron chi connectivity index (χ3n) is 2.40. The lowest BCUT2D eigenvalue weighted by Crippen LogP contribution is -2.00. The Kier molecular flexibility index (Phi) is 6.00. The van der Waals surface area contributed by atoms with Crippen molar-refractivity contribution >= 4 is 22.6 Å². The van der Waals surface area contributed by atoms with E-state index in [0.717, 1.165) is 0 Å². The van der Waals surface area contributed by atoms with E-state index in [9.17, 15) is 14.9 Å². The average Bonchev–Trinajstić information content (AvgIpc) is 2.38. The number of nitrogens with zero attached hydrogens (tertiary/aromatic N) is 2. The van der Waals surface area contributed by atoms with Crippen LogP contribution in [0.4, 0.5) is 5.69 Å². The van der Waals surface area contributed by atoms with E-state index < -0.39 is 4.92 Å². The van der Waals surface area contributed by atoms with E-state index in [0.29, 0.717) is 23.3 Å². The molecule has 0 saturated carbocycles. The number of aromatic nitrogens is 1. The molecule has 0 atom stereocenters. The highest BCUT2D eigenvalue weighted by molar-refractivity contribution is 8.13. The van der Waals surface area contributed by atoms with E-state index >= 15 is 0 Å². The van der Waals surface area contributed by atoms with Crippen molar-refractivity contribution in [1.29, 1.82) is 0 Å². The molecule has 0 amide bonds. The quantitative estimate of drug-likeness (QED) is 0.367. The standard InChI is InChI=1S/C13H14N2O4S/c1-9-11(6-4-5-7-20-10(2)16)8-14-13(19-3)12(9)15(17)18/h8H,5,7H2,1-3H3. The molecular formula is C13H14N2O4S. The number of methoxy groups -OCH3 is 1. The summed E-state index contributed by atoms with van der Waals surface area (Å²) in [5, 5.41) is 11.0. The number of pyridine rings is 1. The summed E-state index contributed by atoms with van der Waals surface area (Å²) in [4.78, 5) is 25.1. The van der Waals surface area contributed by atoms with Gasteiger partial charge in [0.25, 0.3) is 5.88 Å². The van der Waals surface area contributed by atoms with Crippen LogP contribution in [0, 0.1) is 28.9 Å². The molecule has 0 fully saturated rings. The van der Waals surface area contributed by atoms with Crippen LogP contribution in [0.5, 0.6) is 5.88 Å². The molecule has 0 radical (unpaired) electrons. The Morgan fingerprint density at radius 1 is 1.60 bits per heavy atom. The number of hydrogen-bond donors (Lipinski definition) is 0. The van der Waals surface area contributed by atoms with Gasteiger partial charge in [-0.2, -0.15) is 0 Å². The number of hydrogen-bond acceptors (Lipinski definition) is 6. The van der Waals surface area contributed by atoms with Crippen LogP contribution in [0.25, 0.3) is 0 Å². The van der Waals surface area contributed by atoms with E-state index in [4.69, 9.17) is 4.74 Å². The summed E-state index contributed by atoms with van der Waals surface area (Å²) in [5.41, 5.74) is 0.747. The van der Waals surface area contributed by atoms with E-state index in [1.54, 1.807) is 6.92 Å². The van der Waals surface area contributed by atoms with Gasteiger partial charge in [-0.05, 0) is 6.92 Å². The average molecular weight is 294 g/mol. The molecule has 20 heavy (non-hydrogen) atoms. The first-order valence-electron chi connectivity index (χ1n) is 5.77. The molecule has 0 saturated heterocycles. The fourth-order valence-electron chi connectivity index (χ4n) is 1.46. The van der Waals surface area contributed by atoms with Gasteiger partial charge in [0.15, 0.2) is 5.12 Å². The molecule has 0 aromatic carbocycles. The second-order valence-corrected chi connectivity index (χ2v) is 5.08. The summed E-state index contributed by atoms with van der Waals surface area (Å²) in [5.74, 6) is 6.29. The molecule has 0 aliphatic carbocycles. The molecule has 1 rings (SSSR count). The van der Waals surface area contributed by atoms with Crippen LogP contribution in [0.1, 0.15) is 24.5 Å². The molecule has 1 heterocycles. The Balaban J connectivity index is 2.92. The zero-order valence-electron chi connectivity index (χ0n) is 11.4. The summed E-state index contributed by atoms with van der Waals surface area (Å²) >= 11 is 1.20. The highest BCUT2D eigenvalue weighted by atomic mass is 32.2. The number of carbonyl (C=O) groups is 1. The van der Waals surface area contributed by atoms with Crippen molar-refractivity contribution in [2.45, 2.75) is 20.3 Å². The first kappa shape index (κ1) is 16.0. The predicted molar refractivity (Wildman–Crippen MR) is 76.8 cm³/mol. The first-order chi connectivity index (χ1) is 9.47. The number of ether oxygens (including phenoxy) is 1. The SMILES string of the molecule is COc1ncc(C#CCCSC(C)=O)c(C)c1[N+](=O)[O-]. The molecule has 6 nitrogen and oxygen atoms in total. The van der Waals surface area contributed by atoms with Gasteiger partial charge in [-0.3, -0.25) is 14.9 Å². The summed E-state index contributed by atoms with van der Waals surface area (Å²) < 4.78 is 4.87. The summed E-state index contributed by atoms with van der Waals surface area (Å²) in [6.07, 6.45) is 1.98. The topological polar surface area (TPSA) is 82.3 Å². The Bertz CT molecular complexity index is 590. The minimum Gasteiger partial charge on any atom is -0.476 e. The molecule has 0 aliphatic rings. The lowest BCUT2D eigenvalue weighted by Gasteiger charge is -2.04. The summed E-state index contributed by atoms with van der Waals surface area (Å²) in [7, 11) is 1.33. The van der Waals surface area contributed by atoms with Crippen molar-refractivity contribution in [1.82, 2.24) is 4.98 Å². The van der Waals surface area contributed by atoms with Crippen molar-refractivity contribution in [3.63, 3.8) is 0 Å². The lowest BCUT2D eigenvalue weighted by atomic mass is 10.1. The molecular weight excluding hydrogens is 280 g/mol. The Morgan fingerprint density at radius 3 is 2.85 bits per heavy atom.